The number of halogens is 1. The molecule has 108 valence electrons. The minimum Gasteiger partial charge on any atom is -0.280 e. The van der Waals surface area contributed by atoms with Gasteiger partial charge in [0.2, 0.25) is 0 Å². The van der Waals surface area contributed by atoms with E-state index in [1.165, 1.54) is 11.1 Å². The average molecular weight is 357 g/mol. The zero-order valence-corrected chi connectivity index (χ0v) is 13.0. The van der Waals surface area contributed by atoms with E-state index in [1.807, 2.05) is 0 Å². The Morgan fingerprint density at radius 2 is 1.86 bits per heavy atom. The molecule has 2 aromatic heterocycles. The van der Waals surface area contributed by atoms with Gasteiger partial charge in [0.05, 0.1) is 22.2 Å². The number of hydrogen-bond donors (Lipinski definition) is 1. The average Bonchev–Trinajstić information content (AvgIpc) is 3.00. The van der Waals surface area contributed by atoms with Gasteiger partial charge in [-0.15, -0.1) is 0 Å². The monoisotopic (exact) mass is 356 g/mol. The summed E-state index contributed by atoms with van der Waals surface area (Å²) in [6.45, 7) is 1.80. The molecule has 0 radical (unpaired) electrons. The van der Waals surface area contributed by atoms with Crippen LogP contribution in [-0.2, 0) is 0 Å². The molecule has 4 rings (SSSR count). The molecule has 1 aromatic carbocycles. The Balaban J connectivity index is 1.94. The highest BCUT2D eigenvalue weighted by Gasteiger charge is 2.39. The first-order valence-electron chi connectivity index (χ1n) is 6.56. The van der Waals surface area contributed by atoms with Crippen LogP contribution in [0.1, 0.15) is 26.4 Å². The SMILES string of the molecule is Cc1[nH]nc2ncc3c(c12)C(=O)N(c1ccc(Br)cc1)C3=O. The number of benzene rings is 1. The van der Waals surface area contributed by atoms with Crippen LogP contribution in [-0.4, -0.2) is 27.0 Å². The van der Waals surface area contributed by atoms with Crippen molar-refractivity contribution in [3.8, 4) is 0 Å². The van der Waals surface area contributed by atoms with E-state index < -0.39 is 0 Å². The number of fused-ring (bicyclic) bond motifs is 3. The Hall–Kier alpha value is -2.54. The minimum absolute atomic E-state index is 0.310. The van der Waals surface area contributed by atoms with Gasteiger partial charge in [-0.3, -0.25) is 14.7 Å². The summed E-state index contributed by atoms with van der Waals surface area (Å²) in [4.78, 5) is 30.7. The number of anilines is 1. The number of carbonyl (C=O) groups excluding carboxylic acids is 2. The number of H-pyrrole nitrogens is 1. The standard InChI is InChI=1S/C15H9BrN4O2/c1-7-11-12-10(6-17-13(11)19-18-7)14(21)20(15(12)22)9-4-2-8(16)3-5-9/h2-6H,1H3,(H,17,18,19). The summed E-state index contributed by atoms with van der Waals surface area (Å²) < 4.78 is 0.877. The van der Waals surface area contributed by atoms with Crippen LogP contribution in [0.25, 0.3) is 11.0 Å². The maximum absolute atomic E-state index is 12.8. The molecule has 0 aliphatic carbocycles. The van der Waals surface area contributed by atoms with Crippen molar-refractivity contribution in [2.45, 2.75) is 6.92 Å². The number of hydrogen-bond acceptors (Lipinski definition) is 4. The molecular formula is C15H9BrN4O2. The van der Waals surface area contributed by atoms with Crippen molar-refractivity contribution in [3.63, 3.8) is 0 Å². The van der Waals surface area contributed by atoms with Crippen molar-refractivity contribution < 1.29 is 9.59 Å². The molecule has 3 heterocycles. The van der Waals surface area contributed by atoms with Gasteiger partial charge in [-0.05, 0) is 31.2 Å². The maximum Gasteiger partial charge on any atom is 0.267 e. The lowest BCUT2D eigenvalue weighted by molar-refractivity contribution is 0.0926. The first-order chi connectivity index (χ1) is 10.6. The van der Waals surface area contributed by atoms with Gasteiger partial charge >= 0.3 is 0 Å². The Kier molecular flexibility index (Phi) is 2.67. The quantitative estimate of drug-likeness (QED) is 0.680. The second kappa shape index (κ2) is 4.48. The lowest BCUT2D eigenvalue weighted by atomic mass is 10.1. The molecule has 22 heavy (non-hydrogen) atoms. The van der Waals surface area contributed by atoms with Crippen molar-refractivity contribution >= 4 is 44.5 Å². The van der Waals surface area contributed by atoms with Gasteiger partial charge in [0.1, 0.15) is 0 Å². The predicted molar refractivity (Wildman–Crippen MR) is 83.9 cm³/mol. The number of imide groups is 1. The Morgan fingerprint density at radius 3 is 2.59 bits per heavy atom. The summed E-state index contributed by atoms with van der Waals surface area (Å²) in [5.74, 6) is -0.712. The molecule has 1 N–H and O–H groups in total. The van der Waals surface area contributed by atoms with Gasteiger partial charge < -0.3 is 0 Å². The van der Waals surface area contributed by atoms with Crippen molar-refractivity contribution in [1.82, 2.24) is 15.2 Å². The molecular weight excluding hydrogens is 348 g/mol. The van der Waals surface area contributed by atoms with Crippen molar-refractivity contribution in [1.29, 1.82) is 0 Å². The zero-order chi connectivity index (χ0) is 15.4. The van der Waals surface area contributed by atoms with Crippen LogP contribution < -0.4 is 4.90 Å². The number of nitrogens with one attached hydrogen (secondary N) is 1. The zero-order valence-electron chi connectivity index (χ0n) is 11.4. The van der Waals surface area contributed by atoms with E-state index in [0.717, 1.165) is 10.2 Å². The van der Waals surface area contributed by atoms with Gasteiger partial charge in [0.15, 0.2) is 5.65 Å². The number of carbonyl (C=O) groups is 2. The second-order valence-corrected chi connectivity index (χ2v) is 5.93. The molecule has 1 aliphatic heterocycles. The molecule has 0 bridgehead atoms. The topological polar surface area (TPSA) is 79.0 Å². The van der Waals surface area contributed by atoms with Crippen LogP contribution in [0.15, 0.2) is 34.9 Å². The van der Waals surface area contributed by atoms with Crippen LogP contribution in [0.4, 0.5) is 5.69 Å². The number of rotatable bonds is 1. The summed E-state index contributed by atoms with van der Waals surface area (Å²) in [6, 6.07) is 7.02. The molecule has 0 atom stereocenters. The van der Waals surface area contributed by atoms with Crippen LogP contribution in [0.2, 0.25) is 0 Å². The third kappa shape index (κ3) is 1.66. The largest absolute Gasteiger partial charge is 0.280 e. The molecule has 3 aromatic rings. The van der Waals surface area contributed by atoms with E-state index in [4.69, 9.17) is 0 Å². The third-order valence-electron chi connectivity index (χ3n) is 3.70. The Labute approximate surface area is 133 Å². The molecule has 6 nitrogen and oxygen atoms in total. The molecule has 7 heteroatoms. The minimum atomic E-state index is -0.364. The summed E-state index contributed by atoms with van der Waals surface area (Å²) >= 11 is 3.34. The fourth-order valence-corrected chi connectivity index (χ4v) is 2.93. The number of aryl methyl sites for hydroxylation is 1. The highest BCUT2D eigenvalue weighted by Crippen LogP contribution is 2.33. The van der Waals surface area contributed by atoms with Crippen LogP contribution in [0, 0.1) is 6.92 Å². The van der Waals surface area contributed by atoms with Crippen molar-refractivity contribution in [2.75, 3.05) is 4.90 Å². The summed E-state index contributed by atoms with van der Waals surface area (Å²) in [6.07, 6.45) is 1.41. The van der Waals surface area contributed by atoms with E-state index in [0.29, 0.717) is 27.8 Å². The smallest absolute Gasteiger partial charge is 0.267 e. The van der Waals surface area contributed by atoms with E-state index in [9.17, 15) is 9.59 Å². The highest BCUT2D eigenvalue weighted by atomic mass is 79.9. The maximum atomic E-state index is 12.8. The number of aromatic amines is 1. The van der Waals surface area contributed by atoms with Crippen LogP contribution in [0.5, 0.6) is 0 Å². The van der Waals surface area contributed by atoms with Crippen LogP contribution >= 0.6 is 15.9 Å². The molecule has 0 saturated heterocycles. The first kappa shape index (κ1) is 13.1. The van der Waals surface area contributed by atoms with Crippen LogP contribution in [0.3, 0.4) is 0 Å². The van der Waals surface area contributed by atoms with E-state index in [2.05, 4.69) is 31.1 Å². The van der Waals surface area contributed by atoms with Gasteiger partial charge in [-0.1, -0.05) is 15.9 Å². The molecule has 0 unspecified atom stereocenters. The number of nitrogens with zero attached hydrogens (tertiary/aromatic N) is 3. The molecule has 1 aliphatic rings. The highest BCUT2D eigenvalue weighted by molar-refractivity contribution is 9.10. The number of aromatic nitrogens is 3. The van der Waals surface area contributed by atoms with E-state index in [-0.39, 0.29) is 11.8 Å². The normalized spacial score (nSPS) is 14.0. The summed E-state index contributed by atoms with van der Waals surface area (Å²) in [5, 5.41) is 7.45. The van der Waals surface area contributed by atoms with Gasteiger partial charge in [-0.25, -0.2) is 9.88 Å². The summed E-state index contributed by atoms with van der Waals surface area (Å²) in [5.41, 5.74) is 2.37. The first-order valence-corrected chi connectivity index (χ1v) is 7.35. The number of amides is 2. The molecule has 0 fully saturated rings. The second-order valence-electron chi connectivity index (χ2n) is 5.02. The van der Waals surface area contributed by atoms with Crippen molar-refractivity contribution in [3.05, 3.63) is 51.8 Å². The van der Waals surface area contributed by atoms with Gasteiger partial charge in [0.25, 0.3) is 11.8 Å². The number of pyridine rings is 1. The Morgan fingerprint density at radius 1 is 1.14 bits per heavy atom. The molecule has 0 spiro atoms. The van der Waals surface area contributed by atoms with E-state index >= 15 is 0 Å². The fraction of sp³-hybridized carbons (Fsp3) is 0.0667. The Bertz CT molecular complexity index is 946. The van der Waals surface area contributed by atoms with Gasteiger partial charge in [0, 0.05) is 16.4 Å². The van der Waals surface area contributed by atoms with Gasteiger partial charge in [-0.2, -0.15) is 5.10 Å². The lowest BCUT2D eigenvalue weighted by Gasteiger charge is -2.13. The lowest BCUT2D eigenvalue weighted by Crippen LogP contribution is -2.29. The summed E-state index contributed by atoms with van der Waals surface area (Å²) in [7, 11) is 0. The predicted octanol–water partition coefficient (Wildman–Crippen LogP) is 2.83. The third-order valence-corrected chi connectivity index (χ3v) is 4.23. The molecule has 2 amide bonds. The van der Waals surface area contributed by atoms with Crippen molar-refractivity contribution in [2.24, 2.45) is 0 Å². The molecule has 0 saturated carbocycles. The van der Waals surface area contributed by atoms with E-state index in [1.54, 1.807) is 31.2 Å². The fourth-order valence-electron chi connectivity index (χ4n) is 2.67.